The van der Waals surface area contributed by atoms with Crippen molar-refractivity contribution < 1.29 is 42.5 Å². The van der Waals surface area contributed by atoms with Gasteiger partial charge in [0.2, 0.25) is 5.91 Å². The number of aromatic carboxylic acids is 1. The number of hydrogen-bond acceptors (Lipinski definition) is 6. The first kappa shape index (κ1) is 33.0. The van der Waals surface area contributed by atoms with Crippen LogP contribution in [0, 0.1) is 0 Å². The average Bonchev–Trinajstić information content (AvgIpc) is 2.94. The molecule has 0 atom stereocenters. The van der Waals surface area contributed by atoms with E-state index in [2.05, 4.69) is 32.6 Å². The molecule has 2 aromatic carbocycles. The smallest absolute Gasteiger partial charge is 0.478 e. The number of piperazine rings is 1. The lowest BCUT2D eigenvalue weighted by molar-refractivity contribution is -0.192. The Morgan fingerprint density at radius 3 is 2.12 bits per heavy atom. The van der Waals surface area contributed by atoms with Crippen LogP contribution in [0.15, 0.2) is 59.6 Å². The Kier molecular flexibility index (Phi) is 13.6. The number of alkyl halides is 3. The summed E-state index contributed by atoms with van der Waals surface area (Å²) < 4.78 is 36.7. The molecule has 3 rings (SSSR count). The van der Waals surface area contributed by atoms with Gasteiger partial charge in [0.05, 0.1) is 18.7 Å². The van der Waals surface area contributed by atoms with Crippen molar-refractivity contribution in [2.75, 3.05) is 64.8 Å². The molecule has 1 fully saturated rings. The number of anilines is 1. The summed E-state index contributed by atoms with van der Waals surface area (Å²) in [6, 6.07) is 16.9. The molecule has 1 aliphatic heterocycles. The second kappa shape index (κ2) is 16.8. The molecule has 0 saturated carbocycles. The van der Waals surface area contributed by atoms with Gasteiger partial charge in [0.15, 0.2) is 5.96 Å². The Hall–Kier alpha value is -4.17. The number of benzene rings is 2. The summed E-state index contributed by atoms with van der Waals surface area (Å²) >= 11 is 0. The van der Waals surface area contributed by atoms with E-state index in [1.807, 2.05) is 18.2 Å². The van der Waals surface area contributed by atoms with E-state index in [1.165, 1.54) is 5.56 Å². The standard InChI is InChI=1S/C25H33N5O4.C2HF3O2/c1-34-18-13-26-23(31)19-29-14-16-30(17-15-29)25(27-12-11-20-5-3-2-4-6-20)28-22-9-7-21(8-10-22)24(32)33;3-2(4,5)1(6)7/h2-10H,11-19H2,1H3,(H,26,31)(H,27,28)(H,32,33);(H,6,7). The molecule has 0 spiro atoms. The molecule has 41 heavy (non-hydrogen) atoms. The highest BCUT2D eigenvalue weighted by Gasteiger charge is 2.38. The number of aliphatic carboxylic acids is 1. The summed E-state index contributed by atoms with van der Waals surface area (Å²) in [4.78, 5) is 41.3. The topological polar surface area (TPSA) is 144 Å². The molecule has 4 N–H and O–H groups in total. The second-order valence-electron chi connectivity index (χ2n) is 8.86. The number of halogens is 3. The molecule has 11 nitrogen and oxygen atoms in total. The van der Waals surface area contributed by atoms with Gasteiger partial charge in [0.1, 0.15) is 0 Å². The first-order valence-corrected chi connectivity index (χ1v) is 12.7. The summed E-state index contributed by atoms with van der Waals surface area (Å²) in [5, 5.41) is 22.5. The first-order valence-electron chi connectivity index (χ1n) is 12.7. The van der Waals surface area contributed by atoms with Gasteiger partial charge in [-0.3, -0.25) is 14.7 Å². The van der Waals surface area contributed by atoms with Gasteiger partial charge in [0, 0.05) is 52.1 Å². The zero-order valence-corrected chi connectivity index (χ0v) is 22.6. The molecule has 0 aliphatic carbocycles. The number of methoxy groups -OCH3 is 1. The number of carbonyl (C=O) groups excluding carboxylic acids is 1. The number of guanidine groups is 1. The van der Waals surface area contributed by atoms with E-state index in [0.717, 1.165) is 44.2 Å². The molecule has 1 heterocycles. The van der Waals surface area contributed by atoms with E-state index in [1.54, 1.807) is 31.4 Å². The molecule has 14 heteroatoms. The molecular formula is C27H34F3N5O6. The fraction of sp³-hybridized carbons (Fsp3) is 0.407. The lowest BCUT2D eigenvalue weighted by atomic mass is 10.2. The minimum atomic E-state index is -5.08. The van der Waals surface area contributed by atoms with Crippen molar-refractivity contribution in [3.8, 4) is 0 Å². The highest BCUT2D eigenvalue weighted by atomic mass is 19.4. The largest absolute Gasteiger partial charge is 0.490 e. The molecular weight excluding hydrogens is 547 g/mol. The lowest BCUT2D eigenvalue weighted by Gasteiger charge is -2.36. The summed E-state index contributed by atoms with van der Waals surface area (Å²) in [5.74, 6) is -2.96. The number of ether oxygens (including phenoxy) is 1. The summed E-state index contributed by atoms with van der Waals surface area (Å²) in [5.41, 5.74) is 2.25. The summed E-state index contributed by atoms with van der Waals surface area (Å²) in [6.07, 6.45) is -4.26. The number of hydrogen-bond donors (Lipinski definition) is 4. The number of carboxylic acids is 2. The van der Waals surface area contributed by atoms with Crippen LogP contribution in [0.25, 0.3) is 0 Å². The third kappa shape index (κ3) is 12.7. The van der Waals surface area contributed by atoms with Gasteiger partial charge in [-0.15, -0.1) is 0 Å². The molecule has 2 aromatic rings. The van der Waals surface area contributed by atoms with Crippen LogP contribution in [0.2, 0.25) is 0 Å². The maximum atomic E-state index is 12.1. The van der Waals surface area contributed by atoms with Gasteiger partial charge in [-0.1, -0.05) is 30.3 Å². The van der Waals surface area contributed by atoms with Gasteiger partial charge in [-0.25, -0.2) is 9.59 Å². The number of nitrogens with one attached hydrogen (secondary N) is 2. The molecule has 0 radical (unpaired) electrons. The first-order chi connectivity index (χ1) is 19.5. The van der Waals surface area contributed by atoms with E-state index < -0.39 is 18.1 Å². The molecule has 1 aliphatic rings. The van der Waals surface area contributed by atoms with E-state index >= 15 is 0 Å². The average molecular weight is 582 g/mol. The Balaban J connectivity index is 0.000000745. The van der Waals surface area contributed by atoms with Crippen molar-refractivity contribution in [2.24, 2.45) is 4.99 Å². The number of rotatable bonds is 10. The Morgan fingerprint density at radius 2 is 1.59 bits per heavy atom. The van der Waals surface area contributed by atoms with Gasteiger partial charge >= 0.3 is 18.1 Å². The number of amides is 1. The second-order valence-corrected chi connectivity index (χ2v) is 8.86. The molecule has 1 amide bonds. The van der Waals surface area contributed by atoms with Gasteiger partial charge in [-0.2, -0.15) is 13.2 Å². The highest BCUT2D eigenvalue weighted by Crippen LogP contribution is 2.14. The van der Waals surface area contributed by atoms with Crippen LogP contribution >= 0.6 is 0 Å². The number of carboxylic acid groups (broad SMARTS) is 2. The van der Waals surface area contributed by atoms with E-state index in [4.69, 9.17) is 24.7 Å². The maximum Gasteiger partial charge on any atom is 0.490 e. The molecule has 0 bridgehead atoms. The van der Waals surface area contributed by atoms with Crippen molar-refractivity contribution in [3.63, 3.8) is 0 Å². The van der Waals surface area contributed by atoms with Crippen LogP contribution in [-0.2, 0) is 20.7 Å². The Bertz CT molecular complexity index is 1140. The summed E-state index contributed by atoms with van der Waals surface area (Å²) in [6.45, 7) is 4.96. The number of carbonyl (C=O) groups is 3. The van der Waals surface area contributed by atoms with Crippen LogP contribution < -0.4 is 10.6 Å². The third-order valence-electron chi connectivity index (χ3n) is 5.80. The molecule has 224 valence electrons. The van der Waals surface area contributed by atoms with Crippen molar-refractivity contribution in [3.05, 3.63) is 65.7 Å². The predicted octanol–water partition coefficient (Wildman–Crippen LogP) is 2.41. The molecule has 1 saturated heterocycles. The Morgan fingerprint density at radius 1 is 0.976 bits per heavy atom. The number of nitrogens with zero attached hydrogens (tertiary/aromatic N) is 3. The van der Waals surface area contributed by atoms with Crippen LogP contribution in [0.5, 0.6) is 0 Å². The lowest BCUT2D eigenvalue weighted by Crippen LogP contribution is -2.52. The van der Waals surface area contributed by atoms with E-state index in [9.17, 15) is 22.8 Å². The maximum absolute atomic E-state index is 12.1. The van der Waals surface area contributed by atoms with Crippen molar-refractivity contribution >= 4 is 29.5 Å². The Labute approximate surface area is 235 Å². The van der Waals surface area contributed by atoms with Crippen LogP contribution in [0.4, 0.5) is 18.9 Å². The minimum Gasteiger partial charge on any atom is -0.478 e. The van der Waals surface area contributed by atoms with E-state index in [0.29, 0.717) is 26.2 Å². The van der Waals surface area contributed by atoms with Crippen LogP contribution in [0.3, 0.4) is 0 Å². The van der Waals surface area contributed by atoms with Crippen molar-refractivity contribution in [2.45, 2.75) is 12.6 Å². The minimum absolute atomic E-state index is 0.00102. The molecule has 0 aromatic heterocycles. The summed E-state index contributed by atoms with van der Waals surface area (Å²) in [7, 11) is 1.61. The monoisotopic (exact) mass is 581 g/mol. The van der Waals surface area contributed by atoms with Crippen molar-refractivity contribution in [1.29, 1.82) is 0 Å². The van der Waals surface area contributed by atoms with Gasteiger partial charge < -0.3 is 30.5 Å². The highest BCUT2D eigenvalue weighted by molar-refractivity contribution is 5.94. The van der Waals surface area contributed by atoms with E-state index in [-0.39, 0.29) is 11.5 Å². The quantitative estimate of drug-likeness (QED) is 0.189. The zero-order valence-electron chi connectivity index (χ0n) is 22.6. The number of aliphatic imine (C=N–C) groups is 1. The van der Waals surface area contributed by atoms with Crippen LogP contribution in [0.1, 0.15) is 15.9 Å². The SMILES string of the molecule is COCCNC(=O)CN1CCN(C(=NCCc2ccccc2)Nc2ccc(C(=O)O)cc2)CC1.O=C(O)C(F)(F)F. The fourth-order valence-corrected chi connectivity index (χ4v) is 3.65. The van der Waals surface area contributed by atoms with Crippen molar-refractivity contribution in [1.82, 2.24) is 15.1 Å². The predicted molar refractivity (Wildman–Crippen MR) is 146 cm³/mol. The normalized spacial score (nSPS) is 14.0. The molecule has 0 unspecified atom stereocenters. The third-order valence-corrected chi connectivity index (χ3v) is 5.80. The van der Waals surface area contributed by atoms with Crippen LogP contribution in [-0.4, -0.2) is 110 Å². The van der Waals surface area contributed by atoms with Gasteiger partial charge in [0.25, 0.3) is 0 Å². The van der Waals surface area contributed by atoms with Gasteiger partial charge in [-0.05, 0) is 36.2 Å². The zero-order chi connectivity index (χ0) is 30.3. The fourth-order valence-electron chi connectivity index (χ4n) is 3.65.